The summed E-state index contributed by atoms with van der Waals surface area (Å²) in [6, 6.07) is 19.0. The quantitative estimate of drug-likeness (QED) is 0.425. The van der Waals surface area contributed by atoms with Gasteiger partial charge in [-0.2, -0.15) is 10.3 Å². The van der Waals surface area contributed by atoms with Crippen molar-refractivity contribution in [3.05, 3.63) is 88.4 Å². The maximum Gasteiger partial charge on any atom is 0.341 e. The van der Waals surface area contributed by atoms with Crippen LogP contribution in [0.15, 0.2) is 71.7 Å². The van der Waals surface area contributed by atoms with Crippen LogP contribution >= 0.6 is 11.6 Å². The minimum absolute atomic E-state index is 0.0990. The smallest absolute Gasteiger partial charge is 0.341 e. The highest BCUT2D eigenvalue weighted by Crippen LogP contribution is 2.35. The molecular weight excluding hydrogens is 524 g/mol. The molecule has 2 aliphatic heterocycles. The number of esters is 1. The first kappa shape index (κ1) is 25.8. The van der Waals surface area contributed by atoms with E-state index in [1.165, 1.54) is 0 Å². The third-order valence-electron chi connectivity index (χ3n) is 6.12. The number of ether oxygens (including phenoxy) is 3. The fourth-order valence-electron chi connectivity index (χ4n) is 4.29. The van der Waals surface area contributed by atoms with Crippen molar-refractivity contribution in [1.29, 1.82) is 5.26 Å². The first-order chi connectivity index (χ1) is 18.9. The third-order valence-corrected chi connectivity index (χ3v) is 6.43. The Morgan fingerprint density at radius 2 is 1.95 bits per heavy atom. The first-order valence-electron chi connectivity index (χ1n) is 11.9. The predicted molar refractivity (Wildman–Crippen MR) is 141 cm³/mol. The van der Waals surface area contributed by atoms with Gasteiger partial charge in [0.2, 0.25) is 0 Å². The van der Waals surface area contributed by atoms with Gasteiger partial charge in [0.25, 0.3) is 5.91 Å². The van der Waals surface area contributed by atoms with E-state index in [1.807, 2.05) is 6.07 Å². The Hall–Kier alpha value is -4.88. The van der Waals surface area contributed by atoms with E-state index >= 15 is 0 Å². The summed E-state index contributed by atoms with van der Waals surface area (Å²) in [5.74, 6) is -1.23. The molecule has 2 atom stereocenters. The zero-order valence-corrected chi connectivity index (χ0v) is 21.1. The first-order valence-corrected chi connectivity index (χ1v) is 12.3. The Morgan fingerprint density at radius 3 is 2.77 bits per heavy atom. The lowest BCUT2D eigenvalue weighted by molar-refractivity contribution is -0.148. The number of nitrogens with one attached hydrogen (secondary N) is 2. The van der Waals surface area contributed by atoms with Crippen molar-refractivity contribution in [2.75, 3.05) is 18.5 Å². The monoisotopic (exact) mass is 544 g/mol. The molecule has 0 fully saturated rings. The molecule has 0 spiro atoms. The lowest BCUT2D eigenvalue weighted by Gasteiger charge is -2.31. The fourth-order valence-corrected chi connectivity index (χ4v) is 4.48. The van der Waals surface area contributed by atoms with Gasteiger partial charge >= 0.3 is 12.0 Å². The molecule has 2 unspecified atom stereocenters. The molecule has 2 aliphatic rings. The number of rotatable bonds is 7. The van der Waals surface area contributed by atoms with Gasteiger partial charge < -0.3 is 24.8 Å². The number of carbonyl (C=O) groups is 3. The Balaban J connectivity index is 1.45. The molecule has 0 bridgehead atoms. The van der Waals surface area contributed by atoms with Crippen LogP contribution in [0.2, 0.25) is 5.02 Å². The largest absolute Gasteiger partial charge is 0.486 e. The van der Waals surface area contributed by atoms with Gasteiger partial charge in [-0.15, -0.1) is 0 Å². The Morgan fingerprint density at radius 1 is 1.10 bits per heavy atom. The molecule has 0 aliphatic carbocycles. The fraction of sp³-hybridized carbons (Fsp3) is 0.179. The van der Waals surface area contributed by atoms with Crippen molar-refractivity contribution in [3.8, 4) is 17.6 Å². The Bertz CT molecular complexity index is 1530. The number of hydrogen-bond donors (Lipinski definition) is 2. The van der Waals surface area contributed by atoms with Crippen LogP contribution in [0.1, 0.15) is 22.7 Å². The number of halogens is 1. The van der Waals surface area contributed by atoms with E-state index in [9.17, 15) is 14.4 Å². The highest BCUT2D eigenvalue weighted by Gasteiger charge is 2.41. The Labute approximate surface area is 228 Å². The lowest BCUT2D eigenvalue weighted by atomic mass is 9.87. The minimum atomic E-state index is -1.07. The minimum Gasteiger partial charge on any atom is -0.486 e. The number of carbonyl (C=O) groups excluding carboxylic acids is 3. The van der Waals surface area contributed by atoms with Crippen LogP contribution in [0.3, 0.4) is 0 Å². The summed E-state index contributed by atoms with van der Waals surface area (Å²) in [4.78, 5) is 42.1. The highest BCUT2D eigenvalue weighted by molar-refractivity contribution is 6.32. The summed E-state index contributed by atoms with van der Waals surface area (Å²) in [5, 5.41) is 15.0. The molecule has 5 rings (SSSR count). The van der Waals surface area contributed by atoms with Crippen molar-refractivity contribution in [2.45, 2.75) is 12.6 Å². The normalized spacial score (nSPS) is 17.9. The molecule has 0 aromatic heterocycles. The SMILES string of the molecule is N#Cc1cccc(COC(=O)C2C(COc3ccccc3Cl)=NC(=O)NC2c2ccc3c(c2)NC(=O)CO3)c1. The molecule has 0 saturated carbocycles. The molecule has 3 amide bonds. The molecule has 0 radical (unpaired) electrons. The second-order valence-corrected chi connectivity index (χ2v) is 9.15. The van der Waals surface area contributed by atoms with Crippen molar-refractivity contribution in [2.24, 2.45) is 10.9 Å². The lowest BCUT2D eigenvalue weighted by Crippen LogP contribution is -2.47. The van der Waals surface area contributed by atoms with Crippen LogP contribution in [0, 0.1) is 17.2 Å². The van der Waals surface area contributed by atoms with Gasteiger partial charge in [-0.3, -0.25) is 9.59 Å². The summed E-state index contributed by atoms with van der Waals surface area (Å²) >= 11 is 6.21. The van der Waals surface area contributed by atoms with Gasteiger partial charge in [0.05, 0.1) is 34.1 Å². The topological polar surface area (TPSA) is 139 Å². The molecule has 3 aromatic carbocycles. The number of hydrogen-bond acceptors (Lipinski definition) is 7. The van der Waals surface area contributed by atoms with E-state index < -0.39 is 24.0 Å². The van der Waals surface area contributed by atoms with E-state index in [-0.39, 0.29) is 31.4 Å². The second kappa shape index (κ2) is 11.2. The summed E-state index contributed by atoms with van der Waals surface area (Å²) < 4.78 is 16.9. The maximum absolute atomic E-state index is 13.6. The molecular formula is C28H21ClN4O6. The van der Waals surface area contributed by atoms with Crippen LogP contribution in [-0.4, -0.2) is 36.8 Å². The zero-order valence-electron chi connectivity index (χ0n) is 20.3. The standard InChI is InChI=1S/C28H21ClN4O6/c29-19-6-1-2-7-22(19)37-14-21-25(27(35)39-13-17-5-3-4-16(10-17)12-30)26(33-28(36)32-21)18-8-9-23-20(11-18)31-24(34)15-38-23/h1-11,25-26H,13-15H2,(H,31,34)(H,33,36). The van der Waals surface area contributed by atoms with Crippen LogP contribution in [0.5, 0.6) is 11.5 Å². The van der Waals surface area contributed by atoms with Crippen molar-refractivity contribution < 1.29 is 28.6 Å². The van der Waals surface area contributed by atoms with Crippen molar-refractivity contribution in [3.63, 3.8) is 0 Å². The van der Waals surface area contributed by atoms with E-state index in [0.717, 1.165) is 0 Å². The zero-order chi connectivity index (χ0) is 27.4. The van der Waals surface area contributed by atoms with Crippen LogP contribution in [0.25, 0.3) is 0 Å². The summed E-state index contributed by atoms with van der Waals surface area (Å²) in [5.41, 5.74) is 2.12. The van der Waals surface area contributed by atoms with E-state index in [0.29, 0.717) is 38.9 Å². The van der Waals surface area contributed by atoms with Gasteiger partial charge in [-0.05, 0) is 47.5 Å². The van der Waals surface area contributed by atoms with Gasteiger partial charge in [0, 0.05) is 0 Å². The van der Waals surface area contributed by atoms with Gasteiger partial charge in [-0.1, -0.05) is 41.9 Å². The van der Waals surface area contributed by atoms with E-state index in [2.05, 4.69) is 15.6 Å². The van der Waals surface area contributed by atoms with E-state index in [4.69, 9.17) is 31.1 Å². The number of amides is 3. The number of urea groups is 1. The van der Waals surface area contributed by atoms with Crippen LogP contribution < -0.4 is 20.1 Å². The summed E-state index contributed by atoms with van der Waals surface area (Å²) in [6.07, 6.45) is 0. The van der Waals surface area contributed by atoms with Gasteiger partial charge in [0.15, 0.2) is 6.61 Å². The second-order valence-electron chi connectivity index (χ2n) is 8.74. The maximum atomic E-state index is 13.6. The summed E-state index contributed by atoms with van der Waals surface area (Å²) in [6.45, 7) is -0.412. The molecule has 2 N–H and O–H groups in total. The molecule has 39 heavy (non-hydrogen) atoms. The number of anilines is 1. The number of benzene rings is 3. The number of aliphatic imine (C=N–C) groups is 1. The number of para-hydroxylation sites is 1. The molecule has 0 saturated heterocycles. The molecule has 3 aromatic rings. The van der Waals surface area contributed by atoms with Crippen molar-refractivity contribution >= 4 is 40.9 Å². The van der Waals surface area contributed by atoms with Crippen LogP contribution in [0.4, 0.5) is 10.5 Å². The average Bonchev–Trinajstić information content (AvgIpc) is 2.94. The number of nitriles is 1. The molecule has 2 heterocycles. The third kappa shape index (κ3) is 5.84. The molecule has 10 nitrogen and oxygen atoms in total. The summed E-state index contributed by atoms with van der Waals surface area (Å²) in [7, 11) is 0. The van der Waals surface area contributed by atoms with Gasteiger partial charge in [0.1, 0.15) is 30.6 Å². The highest BCUT2D eigenvalue weighted by atomic mass is 35.5. The van der Waals surface area contributed by atoms with E-state index in [1.54, 1.807) is 66.7 Å². The van der Waals surface area contributed by atoms with Crippen LogP contribution in [-0.2, 0) is 20.9 Å². The predicted octanol–water partition coefficient (Wildman–Crippen LogP) is 4.19. The van der Waals surface area contributed by atoms with Gasteiger partial charge in [-0.25, -0.2) is 4.79 Å². The molecule has 196 valence electrons. The number of nitrogens with zero attached hydrogens (tertiary/aromatic N) is 2. The van der Waals surface area contributed by atoms with Crippen molar-refractivity contribution in [1.82, 2.24) is 5.32 Å². The Kier molecular flexibility index (Phi) is 7.43. The molecule has 11 heteroatoms. The average molecular weight is 545 g/mol. The number of fused-ring (bicyclic) bond motifs is 1.